The number of anilines is 1. The molecule has 0 unspecified atom stereocenters. The summed E-state index contributed by atoms with van der Waals surface area (Å²) in [4.78, 5) is 19.5. The Balaban J connectivity index is 1.41. The van der Waals surface area contributed by atoms with Crippen LogP contribution in [0.1, 0.15) is 43.2 Å². The van der Waals surface area contributed by atoms with Crippen molar-refractivity contribution >= 4 is 11.7 Å². The number of aromatic nitrogens is 1. The Morgan fingerprint density at radius 3 is 2.60 bits per heavy atom. The number of nitrogens with zero attached hydrogens (tertiary/aromatic N) is 2. The first-order valence-corrected chi connectivity index (χ1v) is 9.27. The van der Waals surface area contributed by atoms with Gasteiger partial charge in [0.1, 0.15) is 5.82 Å². The largest absolute Gasteiger partial charge is 0.311 e. The lowest BCUT2D eigenvalue weighted by Crippen LogP contribution is -2.41. The molecule has 2 saturated heterocycles. The van der Waals surface area contributed by atoms with Crippen LogP contribution in [0.15, 0.2) is 48.7 Å². The molecule has 1 aromatic heterocycles. The van der Waals surface area contributed by atoms with E-state index in [1.54, 1.807) is 6.20 Å². The number of rotatable bonds is 5. The number of nitrogens with one attached hydrogen (secondary N) is 1. The zero-order valence-corrected chi connectivity index (χ0v) is 14.6. The van der Waals surface area contributed by atoms with Crippen molar-refractivity contribution in [2.24, 2.45) is 0 Å². The first-order valence-electron chi connectivity index (χ1n) is 9.27. The van der Waals surface area contributed by atoms with Gasteiger partial charge in [-0.3, -0.25) is 9.69 Å². The Kier molecular flexibility index (Phi) is 4.53. The van der Waals surface area contributed by atoms with Gasteiger partial charge in [-0.2, -0.15) is 0 Å². The highest BCUT2D eigenvalue weighted by atomic mass is 16.1. The highest BCUT2D eigenvalue weighted by Gasteiger charge is 2.45. The lowest BCUT2D eigenvalue weighted by molar-refractivity contribution is -0.118. The molecule has 4 nitrogen and oxygen atoms in total. The standard InChI is InChI=1S/C21H25N3O/c25-20(16-21-9-4-12-24(21)13-5-10-21)23-19-15-18(8-11-22-19)14-17-6-2-1-3-7-17/h1-3,6-8,11,15H,4-5,9-10,12-14,16H2,(H,22,23,25). The summed E-state index contributed by atoms with van der Waals surface area (Å²) >= 11 is 0. The van der Waals surface area contributed by atoms with Gasteiger partial charge in [-0.15, -0.1) is 0 Å². The van der Waals surface area contributed by atoms with Crippen molar-refractivity contribution in [1.82, 2.24) is 9.88 Å². The van der Waals surface area contributed by atoms with Crippen molar-refractivity contribution in [2.75, 3.05) is 18.4 Å². The molecule has 0 radical (unpaired) electrons. The van der Waals surface area contributed by atoms with E-state index in [2.05, 4.69) is 27.3 Å². The fourth-order valence-electron chi connectivity index (χ4n) is 4.48. The van der Waals surface area contributed by atoms with Gasteiger partial charge in [0.15, 0.2) is 0 Å². The predicted octanol–water partition coefficient (Wildman–Crippen LogP) is 3.63. The summed E-state index contributed by atoms with van der Waals surface area (Å²) in [6, 6.07) is 14.4. The number of amides is 1. The number of carbonyl (C=O) groups excluding carboxylic acids is 1. The molecule has 1 N–H and O–H groups in total. The van der Waals surface area contributed by atoms with Crippen LogP contribution in [0, 0.1) is 0 Å². The van der Waals surface area contributed by atoms with Gasteiger partial charge >= 0.3 is 0 Å². The molecule has 0 saturated carbocycles. The molecule has 2 aliphatic rings. The number of hydrogen-bond donors (Lipinski definition) is 1. The topological polar surface area (TPSA) is 45.2 Å². The summed E-state index contributed by atoms with van der Waals surface area (Å²) in [6.07, 6.45) is 7.98. The normalized spacial score (nSPS) is 18.9. The first kappa shape index (κ1) is 16.3. The minimum atomic E-state index is 0.0955. The van der Waals surface area contributed by atoms with E-state index in [-0.39, 0.29) is 11.4 Å². The van der Waals surface area contributed by atoms with E-state index in [4.69, 9.17) is 0 Å². The van der Waals surface area contributed by atoms with Gasteiger partial charge < -0.3 is 5.32 Å². The molecule has 2 aliphatic heterocycles. The van der Waals surface area contributed by atoms with Gasteiger partial charge in [0.05, 0.1) is 0 Å². The van der Waals surface area contributed by atoms with Crippen LogP contribution in [0.5, 0.6) is 0 Å². The molecule has 0 spiro atoms. The summed E-state index contributed by atoms with van der Waals surface area (Å²) in [7, 11) is 0. The highest BCUT2D eigenvalue weighted by molar-refractivity contribution is 5.90. The third-order valence-electron chi connectivity index (χ3n) is 5.64. The second-order valence-corrected chi connectivity index (χ2v) is 7.36. The summed E-state index contributed by atoms with van der Waals surface area (Å²) in [5.74, 6) is 0.760. The molecule has 1 amide bonds. The Labute approximate surface area is 149 Å². The van der Waals surface area contributed by atoms with Gasteiger partial charge in [-0.05, 0) is 68.5 Å². The van der Waals surface area contributed by atoms with E-state index < -0.39 is 0 Å². The molecule has 0 aliphatic carbocycles. The minimum Gasteiger partial charge on any atom is -0.311 e. The molecule has 0 atom stereocenters. The molecular formula is C21H25N3O. The zero-order chi connectivity index (χ0) is 17.1. The SMILES string of the molecule is O=C(CC12CCCN1CCC2)Nc1cc(Cc2ccccc2)ccn1. The number of hydrogen-bond acceptors (Lipinski definition) is 3. The lowest BCUT2D eigenvalue weighted by atomic mass is 9.90. The maximum Gasteiger partial charge on any atom is 0.227 e. The van der Waals surface area contributed by atoms with E-state index in [0.717, 1.165) is 37.9 Å². The third kappa shape index (κ3) is 3.59. The second-order valence-electron chi connectivity index (χ2n) is 7.36. The number of benzene rings is 1. The van der Waals surface area contributed by atoms with Crippen LogP contribution in [0.4, 0.5) is 5.82 Å². The van der Waals surface area contributed by atoms with Crippen LogP contribution in [-0.2, 0) is 11.2 Å². The molecule has 130 valence electrons. The number of fused-ring (bicyclic) bond motifs is 1. The van der Waals surface area contributed by atoms with Crippen LogP contribution < -0.4 is 5.32 Å². The average molecular weight is 335 g/mol. The minimum absolute atomic E-state index is 0.0955. The van der Waals surface area contributed by atoms with Gasteiger partial charge in [0.2, 0.25) is 5.91 Å². The van der Waals surface area contributed by atoms with Crippen molar-refractivity contribution < 1.29 is 4.79 Å². The van der Waals surface area contributed by atoms with Crippen molar-refractivity contribution in [3.05, 3.63) is 59.8 Å². The number of carbonyl (C=O) groups is 1. The van der Waals surface area contributed by atoms with Crippen molar-refractivity contribution in [1.29, 1.82) is 0 Å². The van der Waals surface area contributed by atoms with Crippen LogP contribution in [0.25, 0.3) is 0 Å². The van der Waals surface area contributed by atoms with Gasteiger partial charge in [-0.1, -0.05) is 30.3 Å². The van der Waals surface area contributed by atoms with Crippen LogP contribution in [0.3, 0.4) is 0 Å². The summed E-state index contributed by atoms with van der Waals surface area (Å²) < 4.78 is 0. The second kappa shape index (κ2) is 6.96. The third-order valence-corrected chi connectivity index (χ3v) is 5.64. The smallest absolute Gasteiger partial charge is 0.227 e. The van der Waals surface area contributed by atoms with Gasteiger partial charge in [0, 0.05) is 18.2 Å². The molecule has 1 aromatic carbocycles. The summed E-state index contributed by atoms with van der Waals surface area (Å²) in [5, 5.41) is 3.03. The van der Waals surface area contributed by atoms with Crippen LogP contribution >= 0.6 is 0 Å². The summed E-state index contributed by atoms with van der Waals surface area (Å²) in [5.41, 5.74) is 2.54. The lowest BCUT2D eigenvalue weighted by Gasteiger charge is -2.31. The Bertz CT molecular complexity index is 734. The molecule has 25 heavy (non-hydrogen) atoms. The maximum absolute atomic E-state index is 12.6. The van der Waals surface area contributed by atoms with Crippen LogP contribution in [-0.4, -0.2) is 34.4 Å². The van der Waals surface area contributed by atoms with E-state index in [1.807, 2.05) is 30.3 Å². The highest BCUT2D eigenvalue weighted by Crippen LogP contribution is 2.41. The average Bonchev–Trinajstić information content (AvgIpc) is 3.15. The fraction of sp³-hybridized carbons (Fsp3) is 0.429. The van der Waals surface area contributed by atoms with Gasteiger partial charge in [-0.25, -0.2) is 4.98 Å². The monoisotopic (exact) mass is 335 g/mol. The molecule has 4 rings (SSSR count). The van der Waals surface area contributed by atoms with E-state index >= 15 is 0 Å². The zero-order valence-electron chi connectivity index (χ0n) is 14.6. The predicted molar refractivity (Wildman–Crippen MR) is 99.5 cm³/mol. The summed E-state index contributed by atoms with van der Waals surface area (Å²) in [6.45, 7) is 2.30. The molecule has 4 heteroatoms. The van der Waals surface area contributed by atoms with Crippen molar-refractivity contribution in [3.8, 4) is 0 Å². The van der Waals surface area contributed by atoms with E-state index in [1.165, 1.54) is 18.4 Å². The Hall–Kier alpha value is -2.20. The van der Waals surface area contributed by atoms with E-state index in [0.29, 0.717) is 12.2 Å². The molecular weight excluding hydrogens is 310 g/mol. The van der Waals surface area contributed by atoms with Crippen molar-refractivity contribution in [3.63, 3.8) is 0 Å². The van der Waals surface area contributed by atoms with E-state index in [9.17, 15) is 4.79 Å². The Morgan fingerprint density at radius 2 is 1.84 bits per heavy atom. The Morgan fingerprint density at radius 1 is 1.08 bits per heavy atom. The quantitative estimate of drug-likeness (QED) is 0.907. The molecule has 2 aromatic rings. The van der Waals surface area contributed by atoms with Crippen molar-refractivity contribution in [2.45, 2.75) is 44.1 Å². The molecule has 2 fully saturated rings. The maximum atomic E-state index is 12.6. The molecule has 0 bridgehead atoms. The first-order chi connectivity index (χ1) is 12.2. The number of pyridine rings is 1. The molecule has 3 heterocycles. The van der Waals surface area contributed by atoms with Gasteiger partial charge in [0.25, 0.3) is 0 Å². The van der Waals surface area contributed by atoms with Crippen LogP contribution in [0.2, 0.25) is 0 Å². The fourth-order valence-corrected chi connectivity index (χ4v) is 4.48.